The molecule has 1 fully saturated rings. The predicted octanol–water partition coefficient (Wildman–Crippen LogP) is 6.03. The Kier molecular flexibility index (Phi) is 6.56. The lowest BCUT2D eigenvalue weighted by atomic mass is 9.99. The Balaban J connectivity index is 1.38. The Labute approximate surface area is 185 Å². The summed E-state index contributed by atoms with van der Waals surface area (Å²) in [6.07, 6.45) is 2.50. The molecular formula is C27H31N3O. The van der Waals surface area contributed by atoms with Crippen LogP contribution < -0.4 is 15.5 Å². The molecule has 1 amide bonds. The van der Waals surface area contributed by atoms with Crippen LogP contribution >= 0.6 is 0 Å². The van der Waals surface area contributed by atoms with Crippen LogP contribution in [0.1, 0.15) is 26.7 Å². The molecule has 4 rings (SSSR count). The molecule has 0 bridgehead atoms. The van der Waals surface area contributed by atoms with Gasteiger partial charge in [0.15, 0.2) is 0 Å². The number of amides is 1. The van der Waals surface area contributed by atoms with Gasteiger partial charge in [-0.25, -0.2) is 0 Å². The van der Waals surface area contributed by atoms with Gasteiger partial charge in [0.2, 0.25) is 5.91 Å². The van der Waals surface area contributed by atoms with Crippen LogP contribution in [0.15, 0.2) is 78.9 Å². The van der Waals surface area contributed by atoms with Gasteiger partial charge >= 0.3 is 0 Å². The second-order valence-corrected chi connectivity index (χ2v) is 8.48. The van der Waals surface area contributed by atoms with E-state index in [4.69, 9.17) is 0 Å². The number of rotatable bonds is 6. The van der Waals surface area contributed by atoms with Crippen molar-refractivity contribution in [2.75, 3.05) is 28.6 Å². The zero-order valence-corrected chi connectivity index (χ0v) is 18.3. The minimum absolute atomic E-state index is 0.0579. The topological polar surface area (TPSA) is 44.4 Å². The summed E-state index contributed by atoms with van der Waals surface area (Å²) < 4.78 is 0. The van der Waals surface area contributed by atoms with Gasteiger partial charge in [-0.2, -0.15) is 0 Å². The molecule has 0 spiro atoms. The van der Waals surface area contributed by atoms with Gasteiger partial charge in [0.1, 0.15) is 6.04 Å². The summed E-state index contributed by atoms with van der Waals surface area (Å²) >= 11 is 0. The van der Waals surface area contributed by atoms with E-state index < -0.39 is 0 Å². The summed E-state index contributed by atoms with van der Waals surface area (Å²) in [4.78, 5) is 15.3. The molecule has 31 heavy (non-hydrogen) atoms. The summed E-state index contributed by atoms with van der Waals surface area (Å²) in [5.41, 5.74) is 5.13. The molecular weight excluding hydrogens is 382 g/mol. The number of para-hydroxylation sites is 1. The van der Waals surface area contributed by atoms with Crippen LogP contribution in [-0.4, -0.2) is 25.0 Å². The van der Waals surface area contributed by atoms with Gasteiger partial charge in [-0.3, -0.25) is 4.79 Å². The summed E-state index contributed by atoms with van der Waals surface area (Å²) in [6.45, 7) is 6.45. The Bertz CT molecular complexity index is 993. The van der Waals surface area contributed by atoms with Crippen molar-refractivity contribution in [2.45, 2.75) is 32.7 Å². The number of carbonyl (C=O) groups excluding carboxylic acids is 1. The number of benzene rings is 3. The lowest BCUT2D eigenvalue weighted by Gasteiger charge is -2.32. The average molecular weight is 414 g/mol. The van der Waals surface area contributed by atoms with Crippen molar-refractivity contribution in [3.05, 3.63) is 78.9 Å². The van der Waals surface area contributed by atoms with Crippen LogP contribution in [0.2, 0.25) is 0 Å². The highest BCUT2D eigenvalue weighted by molar-refractivity contribution is 5.99. The number of anilines is 3. The Morgan fingerprint density at radius 2 is 1.55 bits per heavy atom. The van der Waals surface area contributed by atoms with E-state index in [1.807, 2.05) is 49.4 Å². The molecule has 0 aliphatic carbocycles. The first-order valence-corrected chi connectivity index (χ1v) is 11.2. The number of carbonyl (C=O) groups is 1. The van der Waals surface area contributed by atoms with Crippen molar-refractivity contribution >= 4 is 23.0 Å². The van der Waals surface area contributed by atoms with E-state index in [0.717, 1.165) is 41.5 Å². The average Bonchev–Trinajstić information content (AvgIpc) is 2.81. The third-order valence-corrected chi connectivity index (χ3v) is 6.06. The van der Waals surface area contributed by atoms with Crippen molar-refractivity contribution in [1.82, 2.24) is 0 Å². The van der Waals surface area contributed by atoms with Crippen molar-refractivity contribution in [3.63, 3.8) is 0 Å². The Hall–Kier alpha value is -3.27. The molecule has 0 aromatic heterocycles. The smallest absolute Gasteiger partial charge is 0.246 e. The summed E-state index contributed by atoms with van der Waals surface area (Å²) in [6, 6.07) is 26.1. The fraction of sp³-hybridized carbons (Fsp3) is 0.296. The highest BCUT2D eigenvalue weighted by Crippen LogP contribution is 2.28. The van der Waals surface area contributed by atoms with E-state index in [1.54, 1.807) is 0 Å². The lowest BCUT2D eigenvalue weighted by molar-refractivity contribution is -0.116. The molecule has 4 heteroatoms. The van der Waals surface area contributed by atoms with E-state index in [1.165, 1.54) is 18.5 Å². The van der Waals surface area contributed by atoms with Gasteiger partial charge in [0, 0.05) is 35.7 Å². The molecule has 160 valence electrons. The SMILES string of the molecule is CC1CCN(c2ccc(N[C@@H](C)C(=O)Nc3ccccc3-c3ccccc3)cc2)CC1. The van der Waals surface area contributed by atoms with E-state index in [0.29, 0.717) is 0 Å². The van der Waals surface area contributed by atoms with Crippen molar-refractivity contribution in [2.24, 2.45) is 5.92 Å². The third kappa shape index (κ3) is 5.26. The summed E-state index contributed by atoms with van der Waals surface area (Å²) in [7, 11) is 0. The maximum absolute atomic E-state index is 12.9. The molecule has 3 aromatic rings. The minimum atomic E-state index is -0.356. The zero-order valence-electron chi connectivity index (χ0n) is 18.3. The van der Waals surface area contributed by atoms with E-state index >= 15 is 0 Å². The second kappa shape index (κ2) is 9.69. The van der Waals surface area contributed by atoms with Crippen LogP contribution in [-0.2, 0) is 4.79 Å². The van der Waals surface area contributed by atoms with Gasteiger partial charge < -0.3 is 15.5 Å². The van der Waals surface area contributed by atoms with E-state index in [9.17, 15) is 4.79 Å². The fourth-order valence-corrected chi connectivity index (χ4v) is 4.05. The second-order valence-electron chi connectivity index (χ2n) is 8.48. The molecule has 1 aliphatic heterocycles. The first-order chi connectivity index (χ1) is 15.1. The zero-order chi connectivity index (χ0) is 21.6. The van der Waals surface area contributed by atoms with Crippen LogP contribution in [0.4, 0.5) is 17.1 Å². The highest BCUT2D eigenvalue weighted by atomic mass is 16.2. The lowest BCUT2D eigenvalue weighted by Crippen LogP contribution is -2.33. The number of piperidine rings is 1. The normalized spacial score (nSPS) is 15.4. The van der Waals surface area contributed by atoms with Crippen molar-refractivity contribution in [1.29, 1.82) is 0 Å². The Morgan fingerprint density at radius 3 is 2.26 bits per heavy atom. The molecule has 1 saturated heterocycles. The van der Waals surface area contributed by atoms with E-state index in [-0.39, 0.29) is 11.9 Å². The Morgan fingerprint density at radius 1 is 0.903 bits per heavy atom. The standard InChI is InChI=1S/C27H31N3O/c1-20-16-18-30(19-17-20)24-14-12-23(13-15-24)28-21(2)27(31)29-26-11-7-6-10-25(26)22-8-4-3-5-9-22/h3-15,20-21,28H,16-19H2,1-2H3,(H,29,31)/t21-/m0/s1. The van der Waals surface area contributed by atoms with Gasteiger partial charge in [0.05, 0.1) is 0 Å². The molecule has 1 aliphatic rings. The van der Waals surface area contributed by atoms with Crippen LogP contribution in [0.5, 0.6) is 0 Å². The molecule has 1 atom stereocenters. The maximum atomic E-state index is 12.9. The van der Waals surface area contributed by atoms with Crippen LogP contribution in [0.3, 0.4) is 0 Å². The molecule has 3 aromatic carbocycles. The minimum Gasteiger partial charge on any atom is -0.374 e. The van der Waals surface area contributed by atoms with Gasteiger partial charge in [0.25, 0.3) is 0 Å². The molecule has 1 heterocycles. The molecule has 0 radical (unpaired) electrons. The number of nitrogens with one attached hydrogen (secondary N) is 2. The van der Waals surface area contributed by atoms with Crippen LogP contribution in [0.25, 0.3) is 11.1 Å². The number of hydrogen-bond donors (Lipinski definition) is 2. The largest absolute Gasteiger partial charge is 0.374 e. The predicted molar refractivity (Wildman–Crippen MR) is 131 cm³/mol. The highest BCUT2D eigenvalue weighted by Gasteiger charge is 2.17. The van der Waals surface area contributed by atoms with Crippen LogP contribution in [0, 0.1) is 5.92 Å². The van der Waals surface area contributed by atoms with Crippen molar-refractivity contribution in [3.8, 4) is 11.1 Å². The van der Waals surface area contributed by atoms with Gasteiger partial charge in [-0.1, -0.05) is 55.5 Å². The monoisotopic (exact) mass is 413 g/mol. The van der Waals surface area contributed by atoms with Crippen molar-refractivity contribution < 1.29 is 4.79 Å². The number of hydrogen-bond acceptors (Lipinski definition) is 3. The molecule has 0 unspecified atom stereocenters. The first-order valence-electron chi connectivity index (χ1n) is 11.2. The summed E-state index contributed by atoms with van der Waals surface area (Å²) in [5.74, 6) is 0.765. The quantitative estimate of drug-likeness (QED) is 0.519. The number of nitrogens with zero attached hydrogens (tertiary/aromatic N) is 1. The first kappa shape index (κ1) is 21.0. The molecule has 0 saturated carbocycles. The summed E-state index contributed by atoms with van der Waals surface area (Å²) in [5, 5.41) is 6.41. The third-order valence-electron chi connectivity index (χ3n) is 6.06. The molecule has 4 nitrogen and oxygen atoms in total. The van der Waals surface area contributed by atoms with E-state index in [2.05, 4.69) is 58.9 Å². The maximum Gasteiger partial charge on any atom is 0.246 e. The fourth-order valence-electron chi connectivity index (χ4n) is 4.05. The van der Waals surface area contributed by atoms with Gasteiger partial charge in [-0.15, -0.1) is 0 Å². The molecule has 2 N–H and O–H groups in total. The van der Waals surface area contributed by atoms with Gasteiger partial charge in [-0.05, 0) is 61.6 Å².